The van der Waals surface area contributed by atoms with Gasteiger partial charge in [-0.05, 0) is 54.4 Å². The fourth-order valence-corrected chi connectivity index (χ4v) is 2.93. The van der Waals surface area contributed by atoms with Gasteiger partial charge in [0.15, 0.2) is 11.6 Å². The lowest BCUT2D eigenvalue weighted by atomic mass is 9.77. The molecule has 3 heteroatoms. The molecule has 0 aliphatic heterocycles. The molecule has 1 saturated carbocycles. The minimum absolute atomic E-state index is 0.105. The van der Waals surface area contributed by atoms with Crippen LogP contribution >= 0.6 is 0 Å². The lowest BCUT2D eigenvalue weighted by molar-refractivity contribution is 0.420. The fourth-order valence-electron chi connectivity index (χ4n) is 2.93. The topological polar surface area (TPSA) is 26.0 Å². The van der Waals surface area contributed by atoms with Gasteiger partial charge < -0.3 is 5.73 Å². The molecule has 2 atom stereocenters. The summed E-state index contributed by atoms with van der Waals surface area (Å²) in [7, 11) is 0. The van der Waals surface area contributed by atoms with E-state index in [0.717, 1.165) is 36.3 Å². The SMILES string of the molecule is NC1CCc2cc(F)c(F)cc2C1CC1CC1. The van der Waals surface area contributed by atoms with Crippen molar-refractivity contribution in [2.45, 2.75) is 44.1 Å². The van der Waals surface area contributed by atoms with Gasteiger partial charge in [-0.25, -0.2) is 8.78 Å². The van der Waals surface area contributed by atoms with E-state index in [1.54, 1.807) is 0 Å². The molecular weight excluding hydrogens is 220 g/mol. The van der Waals surface area contributed by atoms with Gasteiger partial charge in [-0.2, -0.15) is 0 Å². The largest absolute Gasteiger partial charge is 0.327 e. The molecule has 0 radical (unpaired) electrons. The minimum Gasteiger partial charge on any atom is -0.327 e. The van der Waals surface area contributed by atoms with Gasteiger partial charge in [0.2, 0.25) is 0 Å². The zero-order chi connectivity index (χ0) is 12.0. The van der Waals surface area contributed by atoms with Crippen molar-refractivity contribution in [2.24, 2.45) is 11.7 Å². The zero-order valence-corrected chi connectivity index (χ0v) is 9.76. The monoisotopic (exact) mass is 237 g/mol. The van der Waals surface area contributed by atoms with Gasteiger partial charge in [0.1, 0.15) is 0 Å². The summed E-state index contributed by atoms with van der Waals surface area (Å²) >= 11 is 0. The standard InChI is InChI=1S/C14H17F2N/c15-12-6-9-3-4-14(17)11(5-8-1-2-8)10(9)7-13(12)16/h6-8,11,14H,1-5,17H2. The maximum absolute atomic E-state index is 13.3. The van der Waals surface area contributed by atoms with Gasteiger partial charge in [-0.3, -0.25) is 0 Å². The molecule has 0 aromatic heterocycles. The normalized spacial score (nSPS) is 27.9. The first-order chi connectivity index (χ1) is 8.15. The summed E-state index contributed by atoms with van der Waals surface area (Å²) in [6.45, 7) is 0. The summed E-state index contributed by atoms with van der Waals surface area (Å²) in [5.74, 6) is -0.491. The van der Waals surface area contributed by atoms with Crippen LogP contribution in [0.1, 0.15) is 42.7 Å². The van der Waals surface area contributed by atoms with Crippen LogP contribution in [0, 0.1) is 17.6 Å². The second-order valence-corrected chi connectivity index (χ2v) is 5.45. The smallest absolute Gasteiger partial charge is 0.159 e. The summed E-state index contributed by atoms with van der Waals surface area (Å²) in [6.07, 6.45) is 5.23. The molecule has 2 unspecified atom stereocenters. The molecule has 2 aliphatic rings. The van der Waals surface area contributed by atoms with Crippen LogP contribution in [0.25, 0.3) is 0 Å². The fraction of sp³-hybridized carbons (Fsp3) is 0.571. The highest BCUT2D eigenvalue weighted by Gasteiger charge is 2.33. The van der Waals surface area contributed by atoms with E-state index >= 15 is 0 Å². The molecule has 2 aliphatic carbocycles. The molecule has 1 aromatic carbocycles. The molecule has 0 amide bonds. The first-order valence-corrected chi connectivity index (χ1v) is 6.38. The second-order valence-electron chi connectivity index (χ2n) is 5.45. The number of rotatable bonds is 2. The molecule has 1 fully saturated rings. The molecule has 1 aromatic rings. The van der Waals surface area contributed by atoms with Crippen molar-refractivity contribution >= 4 is 0 Å². The van der Waals surface area contributed by atoms with Crippen LogP contribution in [0.2, 0.25) is 0 Å². The molecule has 0 spiro atoms. The molecule has 0 heterocycles. The Kier molecular flexibility index (Phi) is 2.66. The highest BCUT2D eigenvalue weighted by Crippen LogP contribution is 2.43. The average Bonchev–Trinajstić information content (AvgIpc) is 3.09. The highest BCUT2D eigenvalue weighted by molar-refractivity contribution is 5.35. The predicted octanol–water partition coefficient (Wildman–Crippen LogP) is 3.12. The quantitative estimate of drug-likeness (QED) is 0.840. The number of halogens is 2. The van der Waals surface area contributed by atoms with Crippen molar-refractivity contribution < 1.29 is 8.78 Å². The number of nitrogens with two attached hydrogens (primary N) is 1. The van der Waals surface area contributed by atoms with Crippen LogP contribution in [0.5, 0.6) is 0 Å². The number of fused-ring (bicyclic) bond motifs is 1. The van der Waals surface area contributed by atoms with Crippen LogP contribution in [-0.4, -0.2) is 6.04 Å². The first kappa shape index (κ1) is 11.1. The Labute approximate surface area is 100 Å². The van der Waals surface area contributed by atoms with E-state index in [2.05, 4.69) is 0 Å². The predicted molar refractivity (Wildman–Crippen MR) is 62.7 cm³/mol. The van der Waals surface area contributed by atoms with Crippen molar-refractivity contribution in [3.8, 4) is 0 Å². The molecule has 1 nitrogen and oxygen atoms in total. The molecule has 3 rings (SSSR count). The van der Waals surface area contributed by atoms with Crippen LogP contribution in [0.4, 0.5) is 8.78 Å². The Morgan fingerprint density at radius 1 is 1.12 bits per heavy atom. The molecule has 0 saturated heterocycles. The molecule has 2 N–H and O–H groups in total. The van der Waals surface area contributed by atoms with Crippen LogP contribution in [0.15, 0.2) is 12.1 Å². The number of hydrogen-bond acceptors (Lipinski definition) is 1. The molecule has 17 heavy (non-hydrogen) atoms. The Hall–Kier alpha value is -0.960. The van der Waals surface area contributed by atoms with Crippen molar-refractivity contribution in [1.82, 2.24) is 0 Å². The van der Waals surface area contributed by atoms with Crippen LogP contribution < -0.4 is 5.73 Å². The van der Waals surface area contributed by atoms with Gasteiger partial charge in [-0.15, -0.1) is 0 Å². The number of aryl methyl sites for hydroxylation is 1. The Bertz CT molecular complexity index is 440. The summed E-state index contributed by atoms with van der Waals surface area (Å²) in [5.41, 5.74) is 8.05. The van der Waals surface area contributed by atoms with E-state index in [4.69, 9.17) is 5.73 Å². The van der Waals surface area contributed by atoms with E-state index < -0.39 is 11.6 Å². The zero-order valence-electron chi connectivity index (χ0n) is 9.76. The van der Waals surface area contributed by atoms with Crippen molar-refractivity contribution in [3.63, 3.8) is 0 Å². The molecule has 0 bridgehead atoms. The summed E-state index contributed by atoms with van der Waals surface area (Å²) in [5, 5.41) is 0. The third-order valence-corrected chi connectivity index (χ3v) is 4.13. The van der Waals surface area contributed by atoms with E-state index in [-0.39, 0.29) is 12.0 Å². The van der Waals surface area contributed by atoms with Gasteiger partial charge in [0.25, 0.3) is 0 Å². The van der Waals surface area contributed by atoms with Gasteiger partial charge in [0.05, 0.1) is 0 Å². The summed E-state index contributed by atoms with van der Waals surface area (Å²) in [4.78, 5) is 0. The maximum Gasteiger partial charge on any atom is 0.159 e. The second kappa shape index (κ2) is 4.05. The Morgan fingerprint density at radius 2 is 1.82 bits per heavy atom. The van der Waals surface area contributed by atoms with E-state index in [9.17, 15) is 8.78 Å². The molecule has 92 valence electrons. The van der Waals surface area contributed by atoms with Crippen molar-refractivity contribution in [1.29, 1.82) is 0 Å². The average molecular weight is 237 g/mol. The third kappa shape index (κ3) is 2.08. The minimum atomic E-state index is -0.737. The summed E-state index contributed by atoms with van der Waals surface area (Å²) < 4.78 is 26.5. The van der Waals surface area contributed by atoms with Gasteiger partial charge >= 0.3 is 0 Å². The Morgan fingerprint density at radius 3 is 2.53 bits per heavy atom. The summed E-state index contributed by atoms with van der Waals surface area (Å²) in [6, 6.07) is 2.83. The first-order valence-electron chi connectivity index (χ1n) is 6.38. The van der Waals surface area contributed by atoms with E-state index in [1.165, 1.54) is 25.0 Å². The van der Waals surface area contributed by atoms with Crippen molar-refractivity contribution in [2.75, 3.05) is 0 Å². The number of benzene rings is 1. The van der Waals surface area contributed by atoms with Crippen LogP contribution in [-0.2, 0) is 6.42 Å². The van der Waals surface area contributed by atoms with Gasteiger partial charge in [0, 0.05) is 6.04 Å². The van der Waals surface area contributed by atoms with Crippen LogP contribution in [0.3, 0.4) is 0 Å². The number of hydrogen-bond donors (Lipinski definition) is 1. The highest BCUT2D eigenvalue weighted by atomic mass is 19.2. The van der Waals surface area contributed by atoms with E-state index in [1.807, 2.05) is 0 Å². The molecular formula is C14H17F2N. The lowest BCUT2D eigenvalue weighted by Crippen LogP contribution is -2.33. The maximum atomic E-state index is 13.3. The van der Waals surface area contributed by atoms with Gasteiger partial charge in [-0.1, -0.05) is 12.8 Å². The Balaban J connectivity index is 1.97. The van der Waals surface area contributed by atoms with Crippen molar-refractivity contribution in [3.05, 3.63) is 34.9 Å². The lowest BCUT2D eigenvalue weighted by Gasteiger charge is -2.31. The van der Waals surface area contributed by atoms with E-state index in [0.29, 0.717) is 0 Å². The third-order valence-electron chi connectivity index (χ3n) is 4.13.